The van der Waals surface area contributed by atoms with E-state index in [4.69, 9.17) is 9.84 Å². The van der Waals surface area contributed by atoms with Crippen LogP contribution in [0.4, 0.5) is 0 Å². The maximum atomic E-state index is 10.6. The predicted octanol–water partition coefficient (Wildman–Crippen LogP) is 0.505. The number of ether oxygens (including phenoxy) is 1. The Morgan fingerprint density at radius 3 is 2.91 bits per heavy atom. The highest BCUT2D eigenvalue weighted by atomic mass is 16.5. The lowest BCUT2D eigenvalue weighted by molar-refractivity contribution is -0.128. The number of carbonyl (C=O) groups is 1. The van der Waals surface area contributed by atoms with Crippen molar-refractivity contribution in [3.8, 4) is 0 Å². The second kappa shape index (κ2) is 3.32. The molecule has 0 aromatic carbocycles. The van der Waals surface area contributed by atoms with Crippen LogP contribution in [0.3, 0.4) is 0 Å². The largest absolute Gasteiger partial charge is 0.393 e. The summed E-state index contributed by atoms with van der Waals surface area (Å²) in [7, 11) is 0. The minimum atomic E-state index is -0.672. The molecular formula is C8H14O3. The third kappa shape index (κ3) is 2.01. The molecule has 0 aromatic rings. The van der Waals surface area contributed by atoms with Crippen LogP contribution in [0.5, 0.6) is 0 Å². The van der Waals surface area contributed by atoms with Crippen LogP contribution in [0, 0.1) is 0 Å². The van der Waals surface area contributed by atoms with Crippen molar-refractivity contribution in [3.05, 3.63) is 0 Å². The second-order valence-corrected chi connectivity index (χ2v) is 3.19. The van der Waals surface area contributed by atoms with E-state index in [9.17, 15) is 4.79 Å². The zero-order valence-corrected chi connectivity index (χ0v) is 6.75. The molecule has 1 aliphatic heterocycles. The van der Waals surface area contributed by atoms with E-state index in [1.165, 1.54) is 0 Å². The van der Waals surface area contributed by atoms with Crippen LogP contribution in [0.2, 0.25) is 0 Å². The Morgan fingerprint density at radius 1 is 1.82 bits per heavy atom. The van der Waals surface area contributed by atoms with E-state index in [1.54, 1.807) is 6.92 Å². The average molecular weight is 158 g/mol. The van der Waals surface area contributed by atoms with Gasteiger partial charge in [0.2, 0.25) is 0 Å². The summed E-state index contributed by atoms with van der Waals surface area (Å²) in [5, 5.41) is 9.07. The first-order chi connectivity index (χ1) is 5.18. The van der Waals surface area contributed by atoms with E-state index in [-0.39, 0.29) is 0 Å². The number of aliphatic hydroxyl groups is 1. The molecule has 3 heteroatoms. The fourth-order valence-electron chi connectivity index (χ4n) is 1.52. The van der Waals surface area contributed by atoms with Gasteiger partial charge in [-0.3, -0.25) is 0 Å². The summed E-state index contributed by atoms with van der Waals surface area (Å²) in [6.45, 7) is 2.32. The molecule has 1 saturated heterocycles. The minimum absolute atomic E-state index is 0.427. The van der Waals surface area contributed by atoms with Crippen molar-refractivity contribution in [3.63, 3.8) is 0 Å². The standard InChI is InChI=1S/C8H14O3/c1-7(10)5-8(6-9)3-2-4-11-8/h6-7,10H,2-5H2,1H3. The first kappa shape index (κ1) is 8.68. The van der Waals surface area contributed by atoms with Crippen molar-refractivity contribution >= 4 is 6.29 Å². The fraction of sp³-hybridized carbons (Fsp3) is 0.875. The predicted molar refractivity (Wildman–Crippen MR) is 40.3 cm³/mol. The Morgan fingerprint density at radius 2 is 2.55 bits per heavy atom. The smallest absolute Gasteiger partial charge is 0.151 e. The molecule has 3 nitrogen and oxygen atoms in total. The van der Waals surface area contributed by atoms with Crippen molar-refractivity contribution in [2.24, 2.45) is 0 Å². The lowest BCUT2D eigenvalue weighted by atomic mass is 9.95. The monoisotopic (exact) mass is 158 g/mol. The summed E-state index contributed by atoms with van der Waals surface area (Å²) >= 11 is 0. The molecule has 0 saturated carbocycles. The van der Waals surface area contributed by atoms with E-state index < -0.39 is 11.7 Å². The van der Waals surface area contributed by atoms with E-state index >= 15 is 0 Å². The Balaban J connectivity index is 2.52. The van der Waals surface area contributed by atoms with Crippen molar-refractivity contribution in [2.45, 2.75) is 37.9 Å². The van der Waals surface area contributed by atoms with Crippen LogP contribution in [0.15, 0.2) is 0 Å². The van der Waals surface area contributed by atoms with Gasteiger partial charge in [0.05, 0.1) is 6.10 Å². The Kier molecular flexibility index (Phi) is 2.62. The van der Waals surface area contributed by atoms with Crippen LogP contribution in [0.1, 0.15) is 26.2 Å². The van der Waals surface area contributed by atoms with Crippen LogP contribution < -0.4 is 0 Å². The van der Waals surface area contributed by atoms with Crippen LogP contribution in [0.25, 0.3) is 0 Å². The minimum Gasteiger partial charge on any atom is -0.393 e. The first-order valence-corrected chi connectivity index (χ1v) is 3.97. The topological polar surface area (TPSA) is 46.5 Å². The molecule has 1 rings (SSSR count). The van der Waals surface area contributed by atoms with Gasteiger partial charge in [0.25, 0.3) is 0 Å². The van der Waals surface area contributed by atoms with Crippen molar-refractivity contribution in [2.75, 3.05) is 6.61 Å². The molecule has 2 unspecified atom stereocenters. The fourth-order valence-corrected chi connectivity index (χ4v) is 1.52. The highest BCUT2D eigenvalue weighted by Crippen LogP contribution is 2.28. The lowest BCUT2D eigenvalue weighted by Crippen LogP contribution is -2.33. The van der Waals surface area contributed by atoms with Gasteiger partial charge in [0, 0.05) is 13.0 Å². The third-order valence-corrected chi connectivity index (χ3v) is 1.99. The highest BCUT2D eigenvalue weighted by Gasteiger charge is 2.35. The number of aliphatic hydroxyl groups excluding tert-OH is 1. The van der Waals surface area contributed by atoms with Gasteiger partial charge in [-0.1, -0.05) is 0 Å². The van der Waals surface area contributed by atoms with Gasteiger partial charge in [0.1, 0.15) is 5.60 Å². The highest BCUT2D eigenvalue weighted by molar-refractivity contribution is 5.63. The number of hydrogen-bond donors (Lipinski definition) is 1. The molecule has 2 atom stereocenters. The number of rotatable bonds is 3. The van der Waals surface area contributed by atoms with E-state index in [2.05, 4.69) is 0 Å². The molecule has 1 N–H and O–H groups in total. The molecule has 1 fully saturated rings. The summed E-state index contributed by atoms with van der Waals surface area (Å²) < 4.78 is 5.27. The summed E-state index contributed by atoms with van der Waals surface area (Å²) in [6.07, 6.45) is 2.47. The van der Waals surface area contributed by atoms with Crippen LogP contribution in [-0.4, -0.2) is 29.7 Å². The third-order valence-electron chi connectivity index (χ3n) is 1.99. The maximum Gasteiger partial charge on any atom is 0.151 e. The number of aldehydes is 1. The van der Waals surface area contributed by atoms with E-state index in [0.717, 1.165) is 19.1 Å². The summed E-state index contributed by atoms with van der Waals surface area (Å²) in [6, 6.07) is 0. The zero-order valence-electron chi connectivity index (χ0n) is 6.75. The molecule has 11 heavy (non-hydrogen) atoms. The molecule has 0 radical (unpaired) electrons. The molecule has 0 aliphatic carbocycles. The van der Waals surface area contributed by atoms with Crippen molar-refractivity contribution < 1.29 is 14.6 Å². The molecule has 0 bridgehead atoms. The summed E-state index contributed by atoms with van der Waals surface area (Å²) in [5.74, 6) is 0. The molecule has 64 valence electrons. The number of carbonyl (C=O) groups excluding carboxylic acids is 1. The zero-order chi connectivity index (χ0) is 8.32. The Labute approximate surface area is 66.4 Å². The molecule has 0 amide bonds. The number of hydrogen-bond acceptors (Lipinski definition) is 3. The average Bonchev–Trinajstić information content (AvgIpc) is 2.36. The normalized spacial score (nSPS) is 33.6. The van der Waals surface area contributed by atoms with Crippen LogP contribution >= 0.6 is 0 Å². The summed E-state index contributed by atoms with van der Waals surface area (Å²) in [5.41, 5.74) is -0.672. The van der Waals surface area contributed by atoms with Gasteiger partial charge in [-0.15, -0.1) is 0 Å². The van der Waals surface area contributed by atoms with Gasteiger partial charge >= 0.3 is 0 Å². The van der Waals surface area contributed by atoms with Gasteiger partial charge in [0.15, 0.2) is 6.29 Å². The second-order valence-electron chi connectivity index (χ2n) is 3.19. The van der Waals surface area contributed by atoms with Gasteiger partial charge < -0.3 is 14.6 Å². The molecule has 1 heterocycles. The van der Waals surface area contributed by atoms with Crippen LogP contribution in [-0.2, 0) is 9.53 Å². The van der Waals surface area contributed by atoms with E-state index in [0.29, 0.717) is 13.0 Å². The van der Waals surface area contributed by atoms with Crippen molar-refractivity contribution in [1.29, 1.82) is 0 Å². The molecule has 0 spiro atoms. The van der Waals surface area contributed by atoms with Gasteiger partial charge in [-0.2, -0.15) is 0 Å². The maximum absolute atomic E-state index is 10.6. The van der Waals surface area contributed by atoms with Gasteiger partial charge in [-0.25, -0.2) is 0 Å². The quantitative estimate of drug-likeness (QED) is 0.608. The Hall–Kier alpha value is -0.410. The molecular weight excluding hydrogens is 144 g/mol. The van der Waals surface area contributed by atoms with Crippen molar-refractivity contribution in [1.82, 2.24) is 0 Å². The molecule has 1 aliphatic rings. The summed E-state index contributed by atoms with van der Waals surface area (Å²) in [4.78, 5) is 10.6. The van der Waals surface area contributed by atoms with Gasteiger partial charge in [-0.05, 0) is 19.8 Å². The SMILES string of the molecule is CC(O)CC1(C=O)CCCO1. The Bertz CT molecular complexity index is 136. The molecule has 0 aromatic heterocycles. The first-order valence-electron chi connectivity index (χ1n) is 3.97. The lowest BCUT2D eigenvalue weighted by Gasteiger charge is -2.22. The van der Waals surface area contributed by atoms with E-state index in [1.807, 2.05) is 0 Å².